The van der Waals surface area contributed by atoms with Gasteiger partial charge >= 0.3 is 0 Å². The van der Waals surface area contributed by atoms with Gasteiger partial charge in [0.1, 0.15) is 0 Å². The van der Waals surface area contributed by atoms with Gasteiger partial charge in [-0.3, -0.25) is 5.32 Å². The van der Waals surface area contributed by atoms with E-state index in [4.69, 9.17) is 0 Å². The molecular formula is C12H15IN2S. The van der Waals surface area contributed by atoms with Crippen molar-refractivity contribution in [2.24, 2.45) is 0 Å². The van der Waals surface area contributed by atoms with Crippen LogP contribution in [0.3, 0.4) is 0 Å². The van der Waals surface area contributed by atoms with Gasteiger partial charge in [0.25, 0.3) is 0 Å². The molecule has 2 N–H and O–H groups in total. The maximum atomic E-state index is 3.49. The number of alkyl halides is 1. The van der Waals surface area contributed by atoms with Crippen LogP contribution in [0.15, 0.2) is 42.1 Å². The largest absolute Gasteiger partial charge is 0.357 e. The first-order valence-electron chi connectivity index (χ1n) is 5.20. The average Bonchev–Trinajstić information content (AvgIpc) is 2.34. The number of thioether (sulfide) groups is 1. The zero-order chi connectivity index (χ0) is 11.4. The minimum absolute atomic E-state index is 0.0437. The first kappa shape index (κ1) is 12.3. The smallest absolute Gasteiger partial charge is 0.189 e. The van der Waals surface area contributed by atoms with Crippen molar-refractivity contribution in [3.05, 3.63) is 47.7 Å². The van der Waals surface area contributed by atoms with Crippen LogP contribution in [0.1, 0.15) is 5.56 Å². The Hall–Kier alpha value is -0.200. The Bertz CT molecular complexity index is 380. The van der Waals surface area contributed by atoms with Crippen LogP contribution in [0.25, 0.3) is 0 Å². The lowest BCUT2D eigenvalue weighted by molar-refractivity contribution is 0.577. The van der Waals surface area contributed by atoms with Crippen LogP contribution in [0.4, 0.5) is 0 Å². The third kappa shape index (κ3) is 3.15. The number of halogens is 1. The first-order valence-corrected chi connectivity index (χ1v) is 7.51. The molecule has 0 spiro atoms. The second-order valence-electron chi connectivity index (χ2n) is 3.76. The molecule has 0 amide bonds. The van der Waals surface area contributed by atoms with Crippen LogP contribution < -0.4 is 10.6 Å². The van der Waals surface area contributed by atoms with Crippen molar-refractivity contribution in [3.63, 3.8) is 0 Å². The summed E-state index contributed by atoms with van der Waals surface area (Å²) in [5.74, 6) is 0. The van der Waals surface area contributed by atoms with E-state index >= 15 is 0 Å². The van der Waals surface area contributed by atoms with Crippen LogP contribution in [0, 0.1) is 0 Å². The zero-order valence-corrected chi connectivity index (χ0v) is 12.1. The molecule has 1 aliphatic heterocycles. The van der Waals surface area contributed by atoms with E-state index in [1.165, 1.54) is 11.1 Å². The first-order chi connectivity index (χ1) is 7.72. The van der Waals surface area contributed by atoms with Gasteiger partial charge in [-0.2, -0.15) is 0 Å². The van der Waals surface area contributed by atoms with E-state index in [1.807, 2.05) is 0 Å². The molecule has 2 nitrogen and oxygen atoms in total. The van der Waals surface area contributed by atoms with Crippen molar-refractivity contribution < 1.29 is 0 Å². The van der Waals surface area contributed by atoms with E-state index < -0.39 is 0 Å². The van der Waals surface area contributed by atoms with Crippen LogP contribution in [-0.2, 0) is 6.42 Å². The molecule has 2 rings (SSSR count). The summed E-state index contributed by atoms with van der Waals surface area (Å²) in [5, 5.41) is 6.88. The Morgan fingerprint density at radius 3 is 2.69 bits per heavy atom. The lowest BCUT2D eigenvalue weighted by atomic mass is 10.1. The van der Waals surface area contributed by atoms with Crippen LogP contribution in [-0.4, -0.2) is 15.8 Å². The van der Waals surface area contributed by atoms with E-state index in [-0.39, 0.29) is 3.00 Å². The van der Waals surface area contributed by atoms with Gasteiger partial charge in [0, 0.05) is 12.7 Å². The molecule has 4 heteroatoms. The highest BCUT2D eigenvalue weighted by Gasteiger charge is 2.26. The molecule has 0 radical (unpaired) electrons. The summed E-state index contributed by atoms with van der Waals surface area (Å²) in [6.07, 6.45) is 5.26. The number of hydrogen-bond acceptors (Lipinski definition) is 3. The SMILES string of the molecule is CSC1(I)NC=C(Cc2ccccc2)CN1. The van der Waals surface area contributed by atoms with Crippen LogP contribution in [0.5, 0.6) is 0 Å². The molecule has 0 aromatic heterocycles. The highest BCUT2D eigenvalue weighted by Crippen LogP contribution is 2.27. The molecule has 86 valence electrons. The lowest BCUT2D eigenvalue weighted by Crippen LogP contribution is -2.50. The normalized spacial score (nSPS) is 24.8. The number of benzene rings is 1. The van der Waals surface area contributed by atoms with Gasteiger partial charge in [-0.25, -0.2) is 0 Å². The fourth-order valence-electron chi connectivity index (χ4n) is 1.63. The summed E-state index contributed by atoms with van der Waals surface area (Å²) >= 11 is 4.17. The molecule has 0 saturated heterocycles. The van der Waals surface area contributed by atoms with Gasteiger partial charge < -0.3 is 5.32 Å². The summed E-state index contributed by atoms with van der Waals surface area (Å²) in [5.41, 5.74) is 2.76. The fraction of sp³-hybridized carbons (Fsp3) is 0.333. The number of rotatable bonds is 3. The van der Waals surface area contributed by atoms with Crippen molar-refractivity contribution in [2.45, 2.75) is 9.42 Å². The summed E-state index contributed by atoms with van der Waals surface area (Å²) in [6.45, 7) is 0.950. The Kier molecular flexibility index (Phi) is 4.16. The molecule has 0 fully saturated rings. The Morgan fingerprint density at radius 1 is 1.38 bits per heavy atom. The van der Waals surface area contributed by atoms with Crippen molar-refractivity contribution in [3.8, 4) is 0 Å². The van der Waals surface area contributed by atoms with E-state index in [1.54, 1.807) is 11.8 Å². The molecule has 0 aliphatic carbocycles. The number of hydrogen-bond donors (Lipinski definition) is 2. The highest BCUT2D eigenvalue weighted by atomic mass is 127. The highest BCUT2D eigenvalue weighted by molar-refractivity contribution is 14.1. The van der Waals surface area contributed by atoms with E-state index in [0.29, 0.717) is 0 Å². The Morgan fingerprint density at radius 2 is 2.12 bits per heavy atom. The quantitative estimate of drug-likeness (QED) is 0.500. The van der Waals surface area contributed by atoms with Crippen molar-refractivity contribution in [1.82, 2.24) is 10.6 Å². The van der Waals surface area contributed by atoms with Gasteiger partial charge in [0.05, 0.1) is 0 Å². The van der Waals surface area contributed by atoms with E-state index in [2.05, 4.69) is 76.0 Å². The molecule has 1 unspecified atom stereocenters. The zero-order valence-electron chi connectivity index (χ0n) is 9.16. The molecule has 0 bridgehead atoms. The van der Waals surface area contributed by atoms with Crippen LogP contribution in [0.2, 0.25) is 0 Å². The Labute approximate surface area is 114 Å². The molecule has 1 aromatic rings. The molecule has 1 aliphatic rings. The molecular weight excluding hydrogens is 331 g/mol. The van der Waals surface area contributed by atoms with E-state index in [9.17, 15) is 0 Å². The molecule has 1 atom stereocenters. The number of nitrogens with one attached hydrogen (secondary N) is 2. The second-order valence-corrected chi connectivity index (χ2v) is 7.13. The van der Waals surface area contributed by atoms with Gasteiger partial charge in [-0.1, -0.05) is 30.3 Å². The minimum Gasteiger partial charge on any atom is -0.357 e. The summed E-state index contributed by atoms with van der Waals surface area (Å²) in [6, 6.07) is 10.6. The predicted molar refractivity (Wildman–Crippen MR) is 79.6 cm³/mol. The second kappa shape index (κ2) is 5.42. The third-order valence-electron chi connectivity index (χ3n) is 2.56. The molecule has 1 heterocycles. The summed E-state index contributed by atoms with van der Waals surface area (Å²) in [7, 11) is 0. The maximum absolute atomic E-state index is 3.49. The maximum Gasteiger partial charge on any atom is 0.189 e. The molecule has 16 heavy (non-hydrogen) atoms. The van der Waals surface area contributed by atoms with Gasteiger partial charge in [0.15, 0.2) is 3.00 Å². The van der Waals surface area contributed by atoms with Crippen molar-refractivity contribution in [1.29, 1.82) is 0 Å². The predicted octanol–water partition coefficient (Wildman–Crippen LogP) is 2.72. The summed E-state index contributed by atoms with van der Waals surface area (Å²) < 4.78 is -0.0437. The van der Waals surface area contributed by atoms with Gasteiger partial charge in [-0.05, 0) is 46.4 Å². The van der Waals surface area contributed by atoms with Crippen LogP contribution >= 0.6 is 34.4 Å². The van der Waals surface area contributed by atoms with Crippen molar-refractivity contribution in [2.75, 3.05) is 12.8 Å². The topological polar surface area (TPSA) is 24.1 Å². The molecule has 0 saturated carbocycles. The minimum atomic E-state index is -0.0437. The third-order valence-corrected chi connectivity index (χ3v) is 5.40. The lowest BCUT2D eigenvalue weighted by Gasteiger charge is -2.32. The van der Waals surface area contributed by atoms with Crippen molar-refractivity contribution >= 4 is 34.4 Å². The molecule has 1 aromatic carbocycles. The van der Waals surface area contributed by atoms with Gasteiger partial charge in [-0.15, -0.1) is 11.8 Å². The average molecular weight is 346 g/mol. The Balaban J connectivity index is 1.99. The van der Waals surface area contributed by atoms with Gasteiger partial charge in [0.2, 0.25) is 0 Å². The fourth-order valence-corrected chi connectivity index (χ4v) is 2.37. The monoisotopic (exact) mass is 346 g/mol. The standard InChI is InChI=1S/C12H15IN2S/c1-16-12(13)14-8-11(9-15-12)7-10-5-3-2-4-6-10/h2-6,8,14-15H,7,9H2,1H3. The summed E-state index contributed by atoms with van der Waals surface area (Å²) in [4.78, 5) is 0. The van der Waals surface area contributed by atoms with E-state index in [0.717, 1.165) is 13.0 Å².